The third kappa shape index (κ3) is 7.11. The first-order valence-electron chi connectivity index (χ1n) is 15.2. The predicted molar refractivity (Wildman–Crippen MR) is 164 cm³/mol. The van der Waals surface area contributed by atoms with Crippen molar-refractivity contribution in [1.82, 2.24) is 24.6 Å². The van der Waals surface area contributed by atoms with Crippen molar-refractivity contribution in [2.75, 3.05) is 59.5 Å². The van der Waals surface area contributed by atoms with E-state index in [1.807, 2.05) is 29.3 Å². The number of aromatic nitrogens is 1. The summed E-state index contributed by atoms with van der Waals surface area (Å²) >= 11 is 0. The largest absolute Gasteiger partial charge is 0.495 e. The maximum Gasteiger partial charge on any atom is 0.253 e. The molecule has 0 radical (unpaired) electrons. The number of amides is 2. The van der Waals surface area contributed by atoms with Gasteiger partial charge in [-0.25, -0.2) is 0 Å². The zero-order chi connectivity index (χ0) is 28.8. The number of piperazine rings is 1. The van der Waals surface area contributed by atoms with E-state index >= 15 is 0 Å². The number of hydrogen-bond donors (Lipinski definition) is 1. The third-order valence-corrected chi connectivity index (χ3v) is 8.76. The van der Waals surface area contributed by atoms with Crippen molar-refractivity contribution in [2.24, 2.45) is 0 Å². The summed E-state index contributed by atoms with van der Waals surface area (Å²) in [6, 6.07) is 12.2. The van der Waals surface area contributed by atoms with E-state index in [0.29, 0.717) is 24.6 Å². The van der Waals surface area contributed by atoms with E-state index in [1.54, 1.807) is 7.11 Å². The van der Waals surface area contributed by atoms with Crippen LogP contribution in [0.5, 0.6) is 5.75 Å². The SMILES string of the molecule is COc1cccc2c(C(=O)NCc3ccc(C)c(C)c3)cn(CCCN3CCN(CC(=O)N4CCCCC4)CC3)c12. The Balaban J connectivity index is 1.16. The Labute approximate surface area is 244 Å². The zero-order valence-corrected chi connectivity index (χ0v) is 25.0. The number of carbonyl (C=O) groups excluding carboxylic acids is 2. The lowest BCUT2D eigenvalue weighted by atomic mass is 10.1. The number of likely N-dealkylation sites (tertiary alicyclic amines) is 1. The van der Waals surface area contributed by atoms with E-state index < -0.39 is 0 Å². The number of para-hydroxylation sites is 1. The molecule has 8 heteroatoms. The van der Waals surface area contributed by atoms with Crippen LogP contribution in [-0.4, -0.2) is 90.5 Å². The molecule has 0 bridgehead atoms. The fourth-order valence-electron chi connectivity index (χ4n) is 6.11. The summed E-state index contributed by atoms with van der Waals surface area (Å²) in [6.45, 7) is 12.7. The van der Waals surface area contributed by atoms with Gasteiger partial charge in [-0.1, -0.05) is 30.3 Å². The molecule has 1 N–H and O–H groups in total. The second-order valence-electron chi connectivity index (χ2n) is 11.6. The highest BCUT2D eigenvalue weighted by Crippen LogP contribution is 2.30. The molecule has 3 aromatic rings. The molecule has 0 aliphatic carbocycles. The second-order valence-corrected chi connectivity index (χ2v) is 11.6. The van der Waals surface area contributed by atoms with Gasteiger partial charge >= 0.3 is 0 Å². The number of nitrogens with one attached hydrogen (secondary N) is 1. The number of piperidine rings is 1. The maximum atomic E-state index is 13.3. The van der Waals surface area contributed by atoms with Crippen molar-refractivity contribution in [3.8, 4) is 5.75 Å². The van der Waals surface area contributed by atoms with E-state index in [9.17, 15) is 9.59 Å². The molecule has 8 nitrogen and oxygen atoms in total. The van der Waals surface area contributed by atoms with Crippen LogP contribution < -0.4 is 10.1 Å². The molecule has 2 aromatic carbocycles. The number of carbonyl (C=O) groups is 2. The minimum absolute atomic E-state index is 0.0737. The minimum Gasteiger partial charge on any atom is -0.495 e. The van der Waals surface area contributed by atoms with E-state index in [1.165, 1.54) is 17.5 Å². The first kappa shape index (κ1) is 29.1. The fraction of sp³-hybridized carbons (Fsp3) is 0.515. The Morgan fingerprint density at radius 1 is 0.878 bits per heavy atom. The van der Waals surface area contributed by atoms with Gasteiger partial charge in [0.05, 0.1) is 24.7 Å². The van der Waals surface area contributed by atoms with Gasteiger partial charge in [0.15, 0.2) is 0 Å². The summed E-state index contributed by atoms with van der Waals surface area (Å²) in [5.41, 5.74) is 5.21. The number of benzene rings is 2. The van der Waals surface area contributed by atoms with E-state index in [2.05, 4.69) is 51.7 Å². The predicted octanol–water partition coefficient (Wildman–Crippen LogP) is 4.22. The molecule has 2 aliphatic rings. The highest BCUT2D eigenvalue weighted by atomic mass is 16.5. The average Bonchev–Trinajstić information content (AvgIpc) is 3.38. The summed E-state index contributed by atoms with van der Waals surface area (Å²) in [4.78, 5) is 32.8. The second kappa shape index (κ2) is 13.5. The van der Waals surface area contributed by atoms with Gasteiger partial charge in [-0.05, 0) is 68.8 Å². The maximum absolute atomic E-state index is 13.3. The number of nitrogens with zero attached hydrogens (tertiary/aromatic N) is 4. The number of fused-ring (bicyclic) bond motifs is 1. The third-order valence-electron chi connectivity index (χ3n) is 8.76. The van der Waals surface area contributed by atoms with Gasteiger partial charge in [0.1, 0.15) is 5.75 Å². The Hall–Kier alpha value is -3.36. The molecule has 2 aliphatic heterocycles. The van der Waals surface area contributed by atoms with Crippen LogP contribution in [0.3, 0.4) is 0 Å². The number of hydrogen-bond acceptors (Lipinski definition) is 5. The molecule has 0 spiro atoms. The monoisotopic (exact) mass is 559 g/mol. The normalized spacial score (nSPS) is 16.7. The van der Waals surface area contributed by atoms with Gasteiger partial charge in [-0.2, -0.15) is 0 Å². The smallest absolute Gasteiger partial charge is 0.253 e. The summed E-state index contributed by atoms with van der Waals surface area (Å²) in [7, 11) is 1.68. The number of methoxy groups -OCH3 is 1. The van der Waals surface area contributed by atoms with E-state index in [4.69, 9.17) is 4.74 Å². The van der Waals surface area contributed by atoms with Crippen molar-refractivity contribution < 1.29 is 14.3 Å². The Kier molecular flexibility index (Phi) is 9.62. The minimum atomic E-state index is -0.0737. The van der Waals surface area contributed by atoms with Crippen LogP contribution in [0, 0.1) is 13.8 Å². The number of aryl methyl sites for hydroxylation is 3. The molecule has 2 amide bonds. The number of ether oxygens (including phenoxy) is 1. The van der Waals surface area contributed by atoms with Crippen LogP contribution in [0.4, 0.5) is 0 Å². The van der Waals surface area contributed by atoms with Crippen LogP contribution in [0.1, 0.15) is 52.7 Å². The summed E-state index contributed by atoms with van der Waals surface area (Å²) in [5.74, 6) is 0.999. The lowest BCUT2D eigenvalue weighted by Crippen LogP contribution is -2.50. The van der Waals surface area contributed by atoms with Crippen LogP contribution in [0.25, 0.3) is 10.9 Å². The lowest BCUT2D eigenvalue weighted by molar-refractivity contribution is -0.133. The Bertz CT molecular complexity index is 1350. The molecule has 0 saturated carbocycles. The van der Waals surface area contributed by atoms with Gasteiger partial charge in [0, 0.05) is 63.9 Å². The van der Waals surface area contributed by atoms with Gasteiger partial charge < -0.3 is 24.4 Å². The fourth-order valence-corrected chi connectivity index (χ4v) is 6.11. The summed E-state index contributed by atoms with van der Waals surface area (Å²) in [6.07, 6.45) is 6.48. The van der Waals surface area contributed by atoms with Gasteiger partial charge in [0.2, 0.25) is 5.91 Å². The van der Waals surface area contributed by atoms with E-state index in [0.717, 1.165) is 93.8 Å². The van der Waals surface area contributed by atoms with Crippen LogP contribution >= 0.6 is 0 Å². The average molecular weight is 560 g/mol. The first-order valence-corrected chi connectivity index (χ1v) is 15.2. The molecule has 2 saturated heterocycles. The van der Waals surface area contributed by atoms with Crippen molar-refractivity contribution >= 4 is 22.7 Å². The summed E-state index contributed by atoms with van der Waals surface area (Å²) in [5, 5.41) is 4.03. The van der Waals surface area contributed by atoms with Crippen molar-refractivity contribution in [3.63, 3.8) is 0 Å². The molecule has 41 heavy (non-hydrogen) atoms. The Morgan fingerprint density at radius 3 is 2.37 bits per heavy atom. The van der Waals surface area contributed by atoms with Crippen molar-refractivity contribution in [3.05, 3.63) is 64.8 Å². The summed E-state index contributed by atoms with van der Waals surface area (Å²) < 4.78 is 7.87. The van der Waals surface area contributed by atoms with Gasteiger partial charge in [-0.15, -0.1) is 0 Å². The molecule has 5 rings (SSSR count). The molecule has 2 fully saturated rings. The highest BCUT2D eigenvalue weighted by Gasteiger charge is 2.23. The topological polar surface area (TPSA) is 70.0 Å². The first-order chi connectivity index (χ1) is 19.9. The quantitative estimate of drug-likeness (QED) is 0.403. The van der Waals surface area contributed by atoms with Crippen LogP contribution in [0.15, 0.2) is 42.6 Å². The van der Waals surface area contributed by atoms with Crippen LogP contribution in [-0.2, 0) is 17.9 Å². The van der Waals surface area contributed by atoms with Gasteiger partial charge in [0.25, 0.3) is 5.91 Å². The van der Waals surface area contributed by atoms with Crippen molar-refractivity contribution in [1.29, 1.82) is 0 Å². The standard InChI is InChI=1S/C33H45N5O3/c1-25-11-12-27(21-26(25)2)22-34-33(40)29-23-38(32-28(29)9-7-10-30(32)41-3)16-8-13-35-17-19-36(20-18-35)24-31(39)37-14-5-4-6-15-37/h7,9-12,21,23H,4-6,8,13-20,22,24H2,1-3H3,(H,34,40). The van der Waals surface area contributed by atoms with Crippen molar-refractivity contribution in [2.45, 2.75) is 52.6 Å². The molecular weight excluding hydrogens is 514 g/mol. The molecule has 0 atom stereocenters. The van der Waals surface area contributed by atoms with Gasteiger partial charge in [-0.3, -0.25) is 14.5 Å². The molecule has 0 unspecified atom stereocenters. The lowest BCUT2D eigenvalue weighted by Gasteiger charge is -2.36. The molecular formula is C33H45N5O3. The highest BCUT2D eigenvalue weighted by molar-refractivity contribution is 6.08. The zero-order valence-electron chi connectivity index (χ0n) is 25.0. The molecule has 220 valence electrons. The molecule has 1 aromatic heterocycles. The molecule has 3 heterocycles. The Morgan fingerprint density at radius 2 is 1.63 bits per heavy atom. The number of rotatable bonds is 10. The van der Waals surface area contributed by atoms with Crippen LogP contribution in [0.2, 0.25) is 0 Å². The van der Waals surface area contributed by atoms with E-state index in [-0.39, 0.29) is 5.91 Å².